The number of nitrogens with zero attached hydrogens (tertiary/aromatic N) is 3. The van der Waals surface area contributed by atoms with E-state index in [0.29, 0.717) is 23.5 Å². The van der Waals surface area contributed by atoms with E-state index in [0.717, 1.165) is 37.1 Å². The predicted molar refractivity (Wildman–Crippen MR) is 112 cm³/mol. The molecular formula is C22H25N5. The maximum atomic E-state index is 6.26. The van der Waals surface area contributed by atoms with Gasteiger partial charge in [-0.25, -0.2) is 0 Å². The van der Waals surface area contributed by atoms with Crippen LogP contribution in [0.15, 0.2) is 54.6 Å². The summed E-state index contributed by atoms with van der Waals surface area (Å²) in [7, 11) is 0. The third kappa shape index (κ3) is 3.58. The van der Waals surface area contributed by atoms with Crippen molar-refractivity contribution >= 4 is 17.6 Å². The Kier molecular flexibility index (Phi) is 4.67. The summed E-state index contributed by atoms with van der Waals surface area (Å²) in [4.78, 5) is 11.3. The van der Waals surface area contributed by atoms with E-state index >= 15 is 0 Å². The molecule has 1 saturated heterocycles. The van der Waals surface area contributed by atoms with Crippen LogP contribution in [0.5, 0.6) is 0 Å². The van der Waals surface area contributed by atoms with Crippen LogP contribution >= 0.6 is 0 Å². The van der Waals surface area contributed by atoms with Gasteiger partial charge in [-0.05, 0) is 36.8 Å². The average Bonchev–Trinajstić information content (AvgIpc) is 2.70. The lowest BCUT2D eigenvalue weighted by molar-refractivity contribution is 0.500. The van der Waals surface area contributed by atoms with Gasteiger partial charge in [-0.15, -0.1) is 0 Å². The minimum atomic E-state index is 0.437. The lowest BCUT2D eigenvalue weighted by atomic mass is 9.90. The van der Waals surface area contributed by atoms with Crippen LogP contribution in [0.4, 0.5) is 17.6 Å². The first-order valence-corrected chi connectivity index (χ1v) is 9.42. The molecule has 27 heavy (non-hydrogen) atoms. The number of nitrogen functional groups attached to an aromatic ring is 2. The SMILES string of the molecule is Cc1ccc(-c2c(N)nc(N3CCC(c4ccccc4)CC3)nc2N)cc1. The molecule has 5 nitrogen and oxygen atoms in total. The van der Waals surface area contributed by atoms with Crippen molar-refractivity contribution in [2.24, 2.45) is 0 Å². The molecule has 4 rings (SSSR count). The summed E-state index contributed by atoms with van der Waals surface area (Å²) in [6.07, 6.45) is 2.15. The summed E-state index contributed by atoms with van der Waals surface area (Å²) < 4.78 is 0. The quantitative estimate of drug-likeness (QED) is 0.739. The first-order chi connectivity index (χ1) is 13.1. The molecule has 1 aliphatic heterocycles. The van der Waals surface area contributed by atoms with E-state index in [2.05, 4.69) is 52.1 Å². The molecule has 0 spiro atoms. The molecule has 0 bridgehead atoms. The summed E-state index contributed by atoms with van der Waals surface area (Å²) in [5.41, 5.74) is 16.8. The van der Waals surface area contributed by atoms with Crippen molar-refractivity contribution in [3.05, 3.63) is 65.7 Å². The Bertz CT molecular complexity index is 890. The van der Waals surface area contributed by atoms with Crippen molar-refractivity contribution in [2.75, 3.05) is 29.5 Å². The molecule has 2 heterocycles. The monoisotopic (exact) mass is 359 g/mol. The minimum Gasteiger partial charge on any atom is -0.383 e. The third-order valence-electron chi connectivity index (χ3n) is 5.34. The molecule has 4 N–H and O–H groups in total. The number of benzene rings is 2. The van der Waals surface area contributed by atoms with Crippen molar-refractivity contribution in [3.63, 3.8) is 0 Å². The molecule has 0 unspecified atom stereocenters. The van der Waals surface area contributed by atoms with Crippen molar-refractivity contribution in [1.82, 2.24) is 9.97 Å². The van der Waals surface area contributed by atoms with Crippen LogP contribution < -0.4 is 16.4 Å². The van der Waals surface area contributed by atoms with Gasteiger partial charge >= 0.3 is 0 Å². The van der Waals surface area contributed by atoms with Crippen molar-refractivity contribution in [3.8, 4) is 11.1 Å². The van der Waals surface area contributed by atoms with E-state index in [1.807, 2.05) is 24.3 Å². The average molecular weight is 359 g/mol. The summed E-state index contributed by atoms with van der Waals surface area (Å²) >= 11 is 0. The number of nitrogens with two attached hydrogens (primary N) is 2. The third-order valence-corrected chi connectivity index (χ3v) is 5.34. The van der Waals surface area contributed by atoms with E-state index < -0.39 is 0 Å². The Morgan fingerprint density at radius 3 is 2.04 bits per heavy atom. The van der Waals surface area contributed by atoms with Crippen LogP contribution in [0.3, 0.4) is 0 Å². The molecule has 0 amide bonds. The van der Waals surface area contributed by atoms with Crippen LogP contribution in [0.2, 0.25) is 0 Å². The highest BCUT2D eigenvalue weighted by Crippen LogP contribution is 2.33. The minimum absolute atomic E-state index is 0.437. The van der Waals surface area contributed by atoms with Gasteiger partial charge in [0.15, 0.2) is 0 Å². The fourth-order valence-corrected chi connectivity index (χ4v) is 3.78. The van der Waals surface area contributed by atoms with E-state index in [-0.39, 0.29) is 0 Å². The molecule has 0 saturated carbocycles. The summed E-state index contributed by atoms with van der Waals surface area (Å²) in [5.74, 6) is 2.09. The van der Waals surface area contributed by atoms with Crippen LogP contribution in [0.25, 0.3) is 11.1 Å². The lowest BCUT2D eigenvalue weighted by Gasteiger charge is -2.32. The number of rotatable bonds is 3. The Hall–Kier alpha value is -3.08. The fraction of sp³-hybridized carbons (Fsp3) is 0.273. The zero-order chi connectivity index (χ0) is 18.8. The maximum Gasteiger partial charge on any atom is 0.229 e. The zero-order valence-corrected chi connectivity index (χ0v) is 15.6. The van der Waals surface area contributed by atoms with Crippen LogP contribution in [-0.2, 0) is 0 Å². The number of hydrogen-bond donors (Lipinski definition) is 2. The molecule has 1 aliphatic rings. The molecule has 0 atom stereocenters. The van der Waals surface area contributed by atoms with Crippen molar-refractivity contribution < 1.29 is 0 Å². The van der Waals surface area contributed by atoms with E-state index in [1.54, 1.807) is 0 Å². The van der Waals surface area contributed by atoms with Crippen LogP contribution in [0.1, 0.15) is 29.9 Å². The van der Waals surface area contributed by atoms with Gasteiger partial charge in [0.1, 0.15) is 11.6 Å². The molecule has 2 aromatic carbocycles. The molecule has 138 valence electrons. The Labute approximate surface area is 160 Å². The second-order valence-electron chi connectivity index (χ2n) is 7.21. The van der Waals surface area contributed by atoms with Crippen molar-refractivity contribution in [1.29, 1.82) is 0 Å². The highest BCUT2D eigenvalue weighted by molar-refractivity contribution is 5.83. The van der Waals surface area contributed by atoms with Gasteiger partial charge in [0, 0.05) is 13.1 Å². The van der Waals surface area contributed by atoms with E-state index in [1.165, 1.54) is 11.1 Å². The van der Waals surface area contributed by atoms with Gasteiger partial charge in [-0.2, -0.15) is 9.97 Å². The van der Waals surface area contributed by atoms with Crippen LogP contribution in [-0.4, -0.2) is 23.1 Å². The number of anilines is 3. The Morgan fingerprint density at radius 1 is 0.852 bits per heavy atom. The second kappa shape index (κ2) is 7.27. The van der Waals surface area contributed by atoms with Crippen LogP contribution in [0, 0.1) is 6.92 Å². The van der Waals surface area contributed by atoms with Gasteiger partial charge < -0.3 is 16.4 Å². The number of aromatic nitrogens is 2. The molecule has 0 radical (unpaired) electrons. The fourth-order valence-electron chi connectivity index (χ4n) is 3.78. The number of aryl methyl sites for hydroxylation is 1. The summed E-state index contributed by atoms with van der Waals surface area (Å²) in [6.45, 7) is 3.86. The standard InChI is InChI=1S/C22H25N5/c1-15-7-9-18(10-8-15)19-20(23)25-22(26-21(19)24)27-13-11-17(12-14-27)16-5-3-2-4-6-16/h2-10,17H,11-14H2,1H3,(H4,23,24,25,26). The summed E-state index contributed by atoms with van der Waals surface area (Å²) in [6, 6.07) is 18.8. The smallest absolute Gasteiger partial charge is 0.229 e. The van der Waals surface area contributed by atoms with E-state index in [4.69, 9.17) is 11.5 Å². The summed E-state index contributed by atoms with van der Waals surface area (Å²) in [5, 5.41) is 0. The van der Waals surface area contributed by atoms with E-state index in [9.17, 15) is 0 Å². The van der Waals surface area contributed by atoms with Gasteiger partial charge in [0.2, 0.25) is 5.95 Å². The molecular weight excluding hydrogens is 334 g/mol. The molecule has 1 fully saturated rings. The highest BCUT2D eigenvalue weighted by atomic mass is 15.3. The molecule has 5 heteroatoms. The molecule has 0 aliphatic carbocycles. The maximum absolute atomic E-state index is 6.26. The van der Waals surface area contributed by atoms with Crippen molar-refractivity contribution in [2.45, 2.75) is 25.7 Å². The highest BCUT2D eigenvalue weighted by Gasteiger charge is 2.23. The first-order valence-electron chi connectivity index (χ1n) is 9.42. The Morgan fingerprint density at radius 2 is 1.44 bits per heavy atom. The normalized spacial score (nSPS) is 15.1. The lowest BCUT2D eigenvalue weighted by Crippen LogP contribution is -2.34. The largest absolute Gasteiger partial charge is 0.383 e. The molecule has 3 aromatic rings. The van der Waals surface area contributed by atoms with Gasteiger partial charge in [-0.1, -0.05) is 60.2 Å². The predicted octanol–water partition coefficient (Wildman–Crippen LogP) is 4.00. The second-order valence-corrected chi connectivity index (χ2v) is 7.21. The van der Waals surface area contributed by atoms with Gasteiger partial charge in [0.05, 0.1) is 5.56 Å². The number of piperidine rings is 1. The van der Waals surface area contributed by atoms with Gasteiger partial charge in [-0.3, -0.25) is 0 Å². The first kappa shape index (κ1) is 17.3. The zero-order valence-electron chi connectivity index (χ0n) is 15.6. The topological polar surface area (TPSA) is 81.1 Å². The van der Waals surface area contributed by atoms with Gasteiger partial charge in [0.25, 0.3) is 0 Å². The number of hydrogen-bond acceptors (Lipinski definition) is 5. The Balaban J connectivity index is 1.53. The molecule has 1 aromatic heterocycles.